The first-order valence-corrected chi connectivity index (χ1v) is 11.1. The predicted molar refractivity (Wildman–Crippen MR) is 118 cm³/mol. The highest BCUT2D eigenvalue weighted by Crippen LogP contribution is 2.47. The van der Waals surface area contributed by atoms with E-state index in [0.29, 0.717) is 0 Å². The minimum atomic E-state index is 0.172. The van der Waals surface area contributed by atoms with Gasteiger partial charge in [-0.2, -0.15) is 0 Å². The average Bonchev–Trinajstić information content (AvgIpc) is 3.04. The molecule has 0 radical (unpaired) electrons. The van der Waals surface area contributed by atoms with E-state index in [1.54, 1.807) is 11.3 Å². The lowest BCUT2D eigenvalue weighted by Crippen LogP contribution is -2.54. The van der Waals surface area contributed by atoms with Gasteiger partial charge in [0, 0.05) is 36.2 Å². The van der Waals surface area contributed by atoms with Crippen molar-refractivity contribution in [3.63, 3.8) is 0 Å². The molecule has 3 aromatic rings. The fraction of sp³-hybridized carbons (Fsp3) is 0.462. The summed E-state index contributed by atoms with van der Waals surface area (Å²) in [5, 5.41) is 1.48. The van der Waals surface area contributed by atoms with Crippen molar-refractivity contribution in [2.75, 3.05) is 13.1 Å². The smallest absolute Gasteiger partial charge is 0.0588 e. The van der Waals surface area contributed by atoms with Crippen LogP contribution >= 0.6 is 0 Å². The summed E-state index contributed by atoms with van der Waals surface area (Å²) in [6.45, 7) is 8.31. The summed E-state index contributed by atoms with van der Waals surface area (Å²) < 4.78 is 2.65. The van der Waals surface area contributed by atoms with Crippen molar-refractivity contribution in [1.82, 2.24) is 9.47 Å². The molecular formula is C26H32N2. The highest BCUT2D eigenvalue weighted by Gasteiger charge is 2.45. The molecule has 5 rings (SSSR count). The van der Waals surface area contributed by atoms with Crippen LogP contribution < -0.4 is 0 Å². The summed E-state index contributed by atoms with van der Waals surface area (Å²) in [4.78, 5) is 2.82. The number of para-hydroxylation sites is 1. The monoisotopic (exact) mass is 372 g/mol. The van der Waals surface area contributed by atoms with Crippen LogP contribution in [0.4, 0.5) is 0 Å². The number of fused-ring (bicyclic) bond motifs is 5. The molecule has 0 aliphatic carbocycles. The molecule has 3 heterocycles. The standard InChI is InChI=1S/C26H32N2/c1-3-9-20-14-16-26(2)25-23(15-17-27(26)18-20)22-12-7-8-13-24(22)28(25)19-21-10-5-4-6-11-21/h4-8,10-13,20H,3,9,14-19H2,1-2H3/t20-,26-/m0/s1. The third kappa shape index (κ3) is 2.81. The molecule has 0 amide bonds. The molecule has 2 aliphatic rings. The molecule has 146 valence electrons. The molecule has 0 unspecified atom stereocenters. The molecule has 2 aliphatic heterocycles. The molecule has 0 N–H and O–H groups in total. The largest absolute Gasteiger partial charge is 0.338 e. The van der Waals surface area contributed by atoms with Gasteiger partial charge in [-0.3, -0.25) is 4.90 Å². The summed E-state index contributed by atoms with van der Waals surface area (Å²) in [5.41, 5.74) is 6.19. The minimum absolute atomic E-state index is 0.172. The van der Waals surface area contributed by atoms with Gasteiger partial charge in [-0.15, -0.1) is 0 Å². The number of rotatable bonds is 4. The lowest BCUT2D eigenvalue weighted by Gasteiger charge is -2.51. The highest BCUT2D eigenvalue weighted by molar-refractivity contribution is 5.86. The number of piperidine rings is 1. The Balaban J connectivity index is 1.64. The number of hydrogen-bond acceptors (Lipinski definition) is 1. The van der Waals surface area contributed by atoms with Crippen molar-refractivity contribution in [2.24, 2.45) is 5.92 Å². The average molecular weight is 373 g/mol. The quantitative estimate of drug-likeness (QED) is 0.547. The maximum atomic E-state index is 2.82. The second-order valence-electron chi connectivity index (χ2n) is 9.08. The van der Waals surface area contributed by atoms with Crippen molar-refractivity contribution < 1.29 is 0 Å². The van der Waals surface area contributed by atoms with E-state index in [-0.39, 0.29) is 5.54 Å². The highest BCUT2D eigenvalue weighted by atomic mass is 15.2. The van der Waals surface area contributed by atoms with E-state index in [9.17, 15) is 0 Å². The van der Waals surface area contributed by atoms with E-state index >= 15 is 0 Å². The van der Waals surface area contributed by atoms with Crippen LogP contribution in [0.1, 0.15) is 56.4 Å². The van der Waals surface area contributed by atoms with E-state index < -0.39 is 0 Å². The Morgan fingerprint density at radius 3 is 2.64 bits per heavy atom. The summed E-state index contributed by atoms with van der Waals surface area (Å²) in [6.07, 6.45) is 6.54. The van der Waals surface area contributed by atoms with Crippen LogP contribution in [0.2, 0.25) is 0 Å². The summed E-state index contributed by atoms with van der Waals surface area (Å²) >= 11 is 0. The van der Waals surface area contributed by atoms with Gasteiger partial charge in [0.25, 0.3) is 0 Å². The fourth-order valence-electron chi connectivity index (χ4n) is 5.92. The second kappa shape index (κ2) is 7.08. The lowest BCUT2D eigenvalue weighted by molar-refractivity contribution is 0.0129. The van der Waals surface area contributed by atoms with Crippen molar-refractivity contribution in [3.05, 3.63) is 71.4 Å². The minimum Gasteiger partial charge on any atom is -0.338 e. The van der Waals surface area contributed by atoms with Gasteiger partial charge in [0.2, 0.25) is 0 Å². The van der Waals surface area contributed by atoms with Crippen LogP contribution in [-0.2, 0) is 18.5 Å². The Morgan fingerprint density at radius 2 is 1.82 bits per heavy atom. The van der Waals surface area contributed by atoms with Gasteiger partial charge in [0.1, 0.15) is 0 Å². The van der Waals surface area contributed by atoms with Crippen LogP contribution in [0, 0.1) is 5.92 Å². The molecule has 1 saturated heterocycles. The van der Waals surface area contributed by atoms with Crippen LogP contribution in [0.15, 0.2) is 54.6 Å². The Kier molecular flexibility index (Phi) is 4.55. The van der Waals surface area contributed by atoms with Gasteiger partial charge in [-0.05, 0) is 55.7 Å². The van der Waals surface area contributed by atoms with Gasteiger partial charge >= 0.3 is 0 Å². The first-order chi connectivity index (χ1) is 13.7. The van der Waals surface area contributed by atoms with Crippen LogP contribution in [0.3, 0.4) is 0 Å². The molecule has 2 heteroatoms. The van der Waals surface area contributed by atoms with Crippen LogP contribution in [0.5, 0.6) is 0 Å². The maximum absolute atomic E-state index is 2.82. The van der Waals surface area contributed by atoms with Gasteiger partial charge in [-0.25, -0.2) is 0 Å². The fourth-order valence-corrected chi connectivity index (χ4v) is 5.92. The van der Waals surface area contributed by atoms with Crippen molar-refractivity contribution in [1.29, 1.82) is 0 Å². The predicted octanol–water partition coefficient (Wildman–Crippen LogP) is 5.97. The lowest BCUT2D eigenvalue weighted by atomic mass is 9.76. The Bertz CT molecular complexity index is 971. The molecule has 1 aromatic heterocycles. The SMILES string of the molecule is CCC[C@H]1CC[C@@]2(C)c3c(c4ccccc4n3Cc3ccccc3)CCN2C1. The normalized spacial score (nSPS) is 24.9. The number of benzene rings is 2. The second-order valence-corrected chi connectivity index (χ2v) is 9.08. The van der Waals surface area contributed by atoms with E-state index in [1.165, 1.54) is 61.7 Å². The Hall–Kier alpha value is -2.06. The number of aromatic nitrogens is 1. The third-order valence-corrected chi connectivity index (χ3v) is 7.31. The van der Waals surface area contributed by atoms with E-state index in [4.69, 9.17) is 0 Å². The maximum Gasteiger partial charge on any atom is 0.0588 e. The summed E-state index contributed by atoms with van der Waals surface area (Å²) in [5.74, 6) is 0.881. The van der Waals surface area contributed by atoms with E-state index in [1.807, 2.05) is 0 Å². The van der Waals surface area contributed by atoms with E-state index in [2.05, 4.69) is 77.9 Å². The third-order valence-electron chi connectivity index (χ3n) is 7.31. The number of nitrogens with zero attached hydrogens (tertiary/aromatic N) is 2. The summed E-state index contributed by atoms with van der Waals surface area (Å²) in [6, 6.07) is 20.1. The molecule has 1 fully saturated rings. The zero-order valence-electron chi connectivity index (χ0n) is 17.3. The van der Waals surface area contributed by atoms with Gasteiger partial charge in [0.15, 0.2) is 0 Å². The van der Waals surface area contributed by atoms with Gasteiger partial charge < -0.3 is 4.57 Å². The first-order valence-electron chi connectivity index (χ1n) is 11.1. The van der Waals surface area contributed by atoms with E-state index in [0.717, 1.165) is 12.5 Å². The molecular weight excluding hydrogens is 340 g/mol. The molecule has 0 saturated carbocycles. The van der Waals surface area contributed by atoms with Gasteiger partial charge in [0.05, 0.1) is 5.54 Å². The Labute approximate surface area is 169 Å². The van der Waals surface area contributed by atoms with Crippen LogP contribution in [-0.4, -0.2) is 22.6 Å². The molecule has 2 aromatic carbocycles. The van der Waals surface area contributed by atoms with Crippen molar-refractivity contribution in [2.45, 2.75) is 58.0 Å². The van der Waals surface area contributed by atoms with Crippen molar-refractivity contribution >= 4 is 10.9 Å². The zero-order chi connectivity index (χ0) is 19.1. The summed E-state index contributed by atoms with van der Waals surface area (Å²) in [7, 11) is 0. The topological polar surface area (TPSA) is 8.17 Å². The van der Waals surface area contributed by atoms with Crippen LogP contribution in [0.25, 0.3) is 10.9 Å². The van der Waals surface area contributed by atoms with Gasteiger partial charge in [-0.1, -0.05) is 61.9 Å². The molecule has 0 spiro atoms. The molecule has 2 atom stereocenters. The van der Waals surface area contributed by atoms with Crippen molar-refractivity contribution in [3.8, 4) is 0 Å². The Morgan fingerprint density at radius 1 is 1.04 bits per heavy atom. The molecule has 28 heavy (non-hydrogen) atoms. The zero-order valence-corrected chi connectivity index (χ0v) is 17.3. The number of hydrogen-bond donors (Lipinski definition) is 0. The molecule has 2 nitrogen and oxygen atoms in total. The first kappa shape index (κ1) is 18.0. The molecule has 0 bridgehead atoms.